The van der Waals surface area contributed by atoms with E-state index in [-0.39, 0.29) is 11.8 Å². The molecule has 7 heteroatoms. The molecular formula is C28H38N4O3. The molecule has 1 aromatic carbocycles. The third-order valence-electron chi connectivity index (χ3n) is 7.56. The summed E-state index contributed by atoms with van der Waals surface area (Å²) in [7, 11) is 1.87. The van der Waals surface area contributed by atoms with Crippen molar-refractivity contribution in [3.63, 3.8) is 0 Å². The van der Waals surface area contributed by atoms with Gasteiger partial charge in [0.05, 0.1) is 18.0 Å². The molecule has 0 radical (unpaired) electrons. The highest BCUT2D eigenvalue weighted by Crippen LogP contribution is 2.39. The zero-order valence-corrected chi connectivity index (χ0v) is 20.8. The number of carbonyl (C=O) groups is 2. The second-order valence-corrected chi connectivity index (χ2v) is 9.98. The molecule has 0 saturated carbocycles. The fourth-order valence-corrected chi connectivity index (χ4v) is 5.40. The summed E-state index contributed by atoms with van der Waals surface area (Å²) in [6.07, 6.45) is 8.51. The number of likely N-dealkylation sites (N-methyl/N-ethyl adjacent to an activating group) is 1. The topological polar surface area (TPSA) is 88.8 Å². The summed E-state index contributed by atoms with van der Waals surface area (Å²) in [5.74, 6) is 1.05. The van der Waals surface area contributed by atoms with Crippen LogP contribution >= 0.6 is 0 Å². The van der Waals surface area contributed by atoms with Gasteiger partial charge in [-0.2, -0.15) is 0 Å². The highest BCUT2D eigenvalue weighted by atomic mass is 16.5. The lowest BCUT2D eigenvalue weighted by Crippen LogP contribution is -2.54. The minimum absolute atomic E-state index is 0.0536. The molecule has 3 heterocycles. The highest BCUT2D eigenvalue weighted by molar-refractivity contribution is 5.84. The number of benzene rings is 1. The lowest BCUT2D eigenvalue weighted by atomic mass is 9.73. The van der Waals surface area contributed by atoms with Gasteiger partial charge in [-0.15, -0.1) is 0 Å². The molecular weight excluding hydrogens is 440 g/mol. The van der Waals surface area contributed by atoms with E-state index in [1.54, 1.807) is 6.20 Å². The van der Waals surface area contributed by atoms with Crippen molar-refractivity contribution in [3.05, 3.63) is 59.9 Å². The number of para-hydroxylation sites is 1. The van der Waals surface area contributed by atoms with Gasteiger partial charge in [0, 0.05) is 38.4 Å². The first-order valence-corrected chi connectivity index (χ1v) is 12.9. The van der Waals surface area contributed by atoms with Gasteiger partial charge in [-0.3, -0.25) is 14.6 Å². The SMILES string of the molecule is CN1CCOc2ccccc2CCCCCC2(CCN(C(=O)[C@H](N)Cc3ccccn3)CC2)C1=O. The van der Waals surface area contributed by atoms with Gasteiger partial charge in [-0.1, -0.05) is 37.1 Å². The van der Waals surface area contributed by atoms with E-state index in [0.29, 0.717) is 45.5 Å². The zero-order valence-electron chi connectivity index (χ0n) is 20.8. The summed E-state index contributed by atoms with van der Waals surface area (Å²) in [6.45, 7) is 2.15. The van der Waals surface area contributed by atoms with E-state index in [9.17, 15) is 9.59 Å². The summed E-state index contributed by atoms with van der Waals surface area (Å²) in [5, 5.41) is 0. The van der Waals surface area contributed by atoms with Gasteiger partial charge < -0.3 is 20.3 Å². The maximum absolute atomic E-state index is 13.7. The van der Waals surface area contributed by atoms with Gasteiger partial charge in [0.2, 0.25) is 11.8 Å². The third-order valence-corrected chi connectivity index (χ3v) is 7.56. The monoisotopic (exact) mass is 478 g/mol. The molecule has 1 aromatic heterocycles. The van der Waals surface area contributed by atoms with Crippen LogP contribution in [0.3, 0.4) is 0 Å². The maximum Gasteiger partial charge on any atom is 0.239 e. The molecule has 1 atom stereocenters. The molecule has 2 aliphatic rings. The third kappa shape index (κ3) is 6.20. The predicted molar refractivity (Wildman–Crippen MR) is 136 cm³/mol. The van der Waals surface area contributed by atoms with Crippen LogP contribution in [0.15, 0.2) is 48.7 Å². The Balaban J connectivity index is 1.39. The van der Waals surface area contributed by atoms with Gasteiger partial charge in [-0.25, -0.2) is 0 Å². The lowest BCUT2D eigenvalue weighted by Gasteiger charge is -2.43. The molecule has 2 aromatic rings. The Morgan fingerprint density at radius 3 is 2.60 bits per heavy atom. The van der Waals surface area contributed by atoms with E-state index in [2.05, 4.69) is 17.1 Å². The quantitative estimate of drug-likeness (QED) is 0.732. The standard InChI is InChI=1S/C28H38N4O3/c1-31-19-20-35-25-12-5-4-10-22(25)9-3-2-7-13-28(27(31)34)14-17-32(18-15-28)26(33)24(29)21-23-11-6-8-16-30-23/h4-6,8,10-12,16,24H,2-3,7,9,13-15,17-21,29H2,1H3/t24-/m1/s1. The molecule has 4 rings (SSSR count). The lowest BCUT2D eigenvalue weighted by molar-refractivity contribution is -0.148. The van der Waals surface area contributed by atoms with E-state index >= 15 is 0 Å². The summed E-state index contributed by atoms with van der Waals surface area (Å²) >= 11 is 0. The Morgan fingerprint density at radius 2 is 1.83 bits per heavy atom. The van der Waals surface area contributed by atoms with Gasteiger partial charge >= 0.3 is 0 Å². The van der Waals surface area contributed by atoms with E-state index in [0.717, 1.165) is 43.5 Å². The first-order valence-electron chi connectivity index (χ1n) is 12.9. The van der Waals surface area contributed by atoms with Crippen LogP contribution in [0.25, 0.3) is 0 Å². The molecule has 0 aliphatic carbocycles. The second-order valence-electron chi connectivity index (χ2n) is 9.98. The summed E-state index contributed by atoms with van der Waals surface area (Å²) in [5.41, 5.74) is 7.88. The van der Waals surface area contributed by atoms with Crippen molar-refractivity contribution in [2.24, 2.45) is 11.1 Å². The molecule has 0 bridgehead atoms. The van der Waals surface area contributed by atoms with Crippen molar-refractivity contribution in [1.82, 2.24) is 14.8 Å². The van der Waals surface area contributed by atoms with Crippen molar-refractivity contribution < 1.29 is 14.3 Å². The highest BCUT2D eigenvalue weighted by Gasteiger charge is 2.43. The van der Waals surface area contributed by atoms with Crippen LogP contribution in [0.1, 0.15) is 49.8 Å². The number of piperidine rings is 1. The van der Waals surface area contributed by atoms with E-state index in [4.69, 9.17) is 10.5 Å². The van der Waals surface area contributed by atoms with Crippen LogP contribution in [0.2, 0.25) is 0 Å². The van der Waals surface area contributed by atoms with E-state index < -0.39 is 11.5 Å². The molecule has 2 aliphatic heterocycles. The number of likely N-dealkylation sites (tertiary alicyclic amines) is 1. The molecule has 188 valence electrons. The number of pyridine rings is 1. The van der Waals surface area contributed by atoms with E-state index in [1.807, 2.05) is 47.2 Å². The van der Waals surface area contributed by atoms with Gasteiger partial charge in [0.15, 0.2) is 0 Å². The van der Waals surface area contributed by atoms with Crippen LogP contribution in [0.5, 0.6) is 5.75 Å². The number of aryl methyl sites for hydroxylation is 1. The van der Waals surface area contributed by atoms with Gasteiger partial charge in [-0.05, 0) is 55.9 Å². The van der Waals surface area contributed by atoms with Gasteiger partial charge in [0.1, 0.15) is 12.4 Å². The number of ether oxygens (including phenoxy) is 1. The Hall–Kier alpha value is -2.93. The minimum atomic E-state index is -0.615. The summed E-state index contributed by atoms with van der Waals surface area (Å²) in [6, 6.07) is 13.2. The fraction of sp³-hybridized carbons (Fsp3) is 0.536. The first kappa shape index (κ1) is 25.2. The Kier molecular flexibility index (Phi) is 8.39. The molecule has 2 N–H and O–H groups in total. The summed E-state index contributed by atoms with van der Waals surface area (Å²) in [4.78, 5) is 34.6. The van der Waals surface area contributed by atoms with Crippen molar-refractivity contribution in [2.75, 3.05) is 33.3 Å². The van der Waals surface area contributed by atoms with E-state index in [1.165, 1.54) is 5.56 Å². The van der Waals surface area contributed by atoms with Crippen LogP contribution in [-0.4, -0.2) is 65.9 Å². The number of nitrogens with zero attached hydrogens (tertiary/aromatic N) is 3. The Labute approximate surface area is 208 Å². The minimum Gasteiger partial charge on any atom is -0.491 e. The van der Waals surface area contributed by atoms with Crippen LogP contribution in [-0.2, 0) is 22.4 Å². The second kappa shape index (κ2) is 11.7. The van der Waals surface area contributed by atoms with Crippen LogP contribution < -0.4 is 10.5 Å². The molecule has 7 nitrogen and oxygen atoms in total. The fourth-order valence-electron chi connectivity index (χ4n) is 5.40. The molecule has 1 fully saturated rings. The maximum atomic E-state index is 13.7. The number of nitrogens with two attached hydrogens (primary N) is 1. The number of hydrogen-bond donors (Lipinski definition) is 1. The van der Waals surface area contributed by atoms with Crippen molar-refractivity contribution in [2.45, 2.75) is 57.4 Å². The number of aromatic nitrogens is 1. The first-order chi connectivity index (χ1) is 17.0. The average Bonchev–Trinajstić information content (AvgIpc) is 2.89. The van der Waals surface area contributed by atoms with Crippen LogP contribution in [0, 0.1) is 5.41 Å². The molecule has 35 heavy (non-hydrogen) atoms. The average molecular weight is 479 g/mol. The smallest absolute Gasteiger partial charge is 0.239 e. The number of carbonyl (C=O) groups excluding carboxylic acids is 2. The molecule has 1 spiro atoms. The Bertz CT molecular complexity index is 989. The van der Waals surface area contributed by atoms with Crippen molar-refractivity contribution in [3.8, 4) is 5.75 Å². The largest absolute Gasteiger partial charge is 0.491 e. The molecule has 2 amide bonds. The molecule has 0 unspecified atom stereocenters. The van der Waals surface area contributed by atoms with Crippen LogP contribution in [0.4, 0.5) is 0 Å². The van der Waals surface area contributed by atoms with Crippen molar-refractivity contribution >= 4 is 11.8 Å². The normalized spacial score (nSPS) is 20.1. The Morgan fingerprint density at radius 1 is 1.06 bits per heavy atom. The number of hydrogen-bond acceptors (Lipinski definition) is 5. The number of fused-ring (bicyclic) bond motifs is 1. The summed E-state index contributed by atoms with van der Waals surface area (Å²) < 4.78 is 6.05. The number of amides is 2. The zero-order chi connectivity index (χ0) is 24.7. The van der Waals surface area contributed by atoms with Crippen molar-refractivity contribution in [1.29, 1.82) is 0 Å². The number of rotatable bonds is 3. The predicted octanol–water partition coefficient (Wildman–Crippen LogP) is 3.21. The molecule has 1 saturated heterocycles. The van der Waals surface area contributed by atoms with Gasteiger partial charge in [0.25, 0.3) is 0 Å².